The second kappa shape index (κ2) is 7.13. The first-order valence-electron chi connectivity index (χ1n) is 6.01. The van der Waals surface area contributed by atoms with Gasteiger partial charge in [0.05, 0.1) is 11.0 Å². The van der Waals surface area contributed by atoms with Gasteiger partial charge < -0.3 is 15.7 Å². The number of unbranched alkanes of at least 4 members (excludes halogenated alkanes) is 1. The molecular formula is C13H17BrN2O3. The SMILES string of the molecule is CCCCN(CC(N)=O)C(=O)c1ccc(Br)c(O)c1. The topological polar surface area (TPSA) is 83.6 Å². The van der Waals surface area contributed by atoms with Crippen molar-refractivity contribution in [2.75, 3.05) is 13.1 Å². The van der Waals surface area contributed by atoms with Crippen molar-refractivity contribution < 1.29 is 14.7 Å². The number of hydrogen-bond donors (Lipinski definition) is 2. The Balaban J connectivity index is 2.90. The number of halogens is 1. The Morgan fingerprint density at radius 2 is 2.11 bits per heavy atom. The second-order valence-electron chi connectivity index (χ2n) is 4.21. The molecule has 0 atom stereocenters. The summed E-state index contributed by atoms with van der Waals surface area (Å²) in [5, 5.41) is 9.58. The normalized spacial score (nSPS) is 10.2. The quantitative estimate of drug-likeness (QED) is 0.836. The van der Waals surface area contributed by atoms with Crippen LogP contribution in [0.2, 0.25) is 0 Å². The molecule has 0 saturated carbocycles. The molecule has 0 aliphatic rings. The average Bonchev–Trinajstić information content (AvgIpc) is 2.36. The highest BCUT2D eigenvalue weighted by molar-refractivity contribution is 9.10. The van der Waals surface area contributed by atoms with E-state index in [2.05, 4.69) is 15.9 Å². The van der Waals surface area contributed by atoms with Gasteiger partial charge in [0.15, 0.2) is 0 Å². The van der Waals surface area contributed by atoms with E-state index in [9.17, 15) is 14.7 Å². The van der Waals surface area contributed by atoms with E-state index < -0.39 is 5.91 Å². The van der Waals surface area contributed by atoms with Crippen LogP contribution in [0.15, 0.2) is 22.7 Å². The van der Waals surface area contributed by atoms with Gasteiger partial charge in [0.25, 0.3) is 5.91 Å². The molecule has 0 heterocycles. The predicted molar refractivity (Wildman–Crippen MR) is 75.8 cm³/mol. The summed E-state index contributed by atoms with van der Waals surface area (Å²) >= 11 is 3.15. The molecule has 1 aromatic carbocycles. The molecule has 0 unspecified atom stereocenters. The number of nitrogens with two attached hydrogens (primary N) is 1. The maximum atomic E-state index is 12.2. The van der Waals surface area contributed by atoms with Crippen LogP contribution in [-0.2, 0) is 4.79 Å². The van der Waals surface area contributed by atoms with Gasteiger partial charge in [-0.05, 0) is 40.5 Å². The molecule has 0 bridgehead atoms. The van der Waals surface area contributed by atoms with E-state index in [-0.39, 0.29) is 18.2 Å². The fraction of sp³-hybridized carbons (Fsp3) is 0.385. The molecule has 2 amide bonds. The van der Waals surface area contributed by atoms with Crippen LogP contribution in [0.4, 0.5) is 0 Å². The molecule has 0 saturated heterocycles. The number of phenolic OH excluding ortho intramolecular Hbond substituents is 1. The standard InChI is InChI=1S/C13H17BrN2O3/c1-2-3-6-16(8-12(15)18)13(19)9-4-5-10(14)11(17)7-9/h4-5,7,17H,2-3,6,8H2,1H3,(H2,15,18). The maximum Gasteiger partial charge on any atom is 0.254 e. The number of benzene rings is 1. The minimum absolute atomic E-state index is 0.0135. The van der Waals surface area contributed by atoms with Crippen LogP contribution in [0, 0.1) is 0 Å². The zero-order valence-corrected chi connectivity index (χ0v) is 12.3. The zero-order valence-electron chi connectivity index (χ0n) is 10.7. The Labute approximate surface area is 120 Å². The Bertz CT molecular complexity index is 477. The zero-order chi connectivity index (χ0) is 14.4. The number of phenols is 1. The van der Waals surface area contributed by atoms with Crippen molar-refractivity contribution in [1.82, 2.24) is 4.90 Å². The lowest BCUT2D eigenvalue weighted by molar-refractivity contribution is -0.118. The molecule has 0 aliphatic carbocycles. The molecule has 3 N–H and O–H groups in total. The molecule has 0 aliphatic heterocycles. The van der Waals surface area contributed by atoms with E-state index in [1.54, 1.807) is 12.1 Å². The van der Waals surface area contributed by atoms with Crippen molar-refractivity contribution in [2.45, 2.75) is 19.8 Å². The van der Waals surface area contributed by atoms with Crippen LogP contribution in [0.25, 0.3) is 0 Å². The molecule has 0 fully saturated rings. The van der Waals surface area contributed by atoms with Crippen molar-refractivity contribution >= 4 is 27.7 Å². The van der Waals surface area contributed by atoms with Crippen molar-refractivity contribution in [3.8, 4) is 5.75 Å². The van der Waals surface area contributed by atoms with Gasteiger partial charge in [-0.2, -0.15) is 0 Å². The summed E-state index contributed by atoms with van der Waals surface area (Å²) in [6.07, 6.45) is 1.70. The van der Waals surface area contributed by atoms with Crippen LogP contribution in [0.5, 0.6) is 5.75 Å². The van der Waals surface area contributed by atoms with Crippen LogP contribution in [-0.4, -0.2) is 34.9 Å². The fourth-order valence-electron chi connectivity index (χ4n) is 1.62. The molecular weight excluding hydrogens is 312 g/mol. The van der Waals surface area contributed by atoms with Crippen molar-refractivity contribution in [2.24, 2.45) is 5.73 Å². The summed E-state index contributed by atoms with van der Waals surface area (Å²) in [6.45, 7) is 2.35. The average molecular weight is 329 g/mol. The van der Waals surface area contributed by atoms with Crippen molar-refractivity contribution in [1.29, 1.82) is 0 Å². The Hall–Kier alpha value is -1.56. The monoisotopic (exact) mass is 328 g/mol. The first-order valence-corrected chi connectivity index (χ1v) is 6.81. The molecule has 1 aromatic rings. The lowest BCUT2D eigenvalue weighted by Gasteiger charge is -2.21. The molecule has 0 aromatic heterocycles. The van der Waals surface area contributed by atoms with Gasteiger partial charge in [0.2, 0.25) is 5.91 Å². The Morgan fingerprint density at radius 3 is 2.63 bits per heavy atom. The first-order chi connectivity index (χ1) is 8.95. The lowest BCUT2D eigenvalue weighted by atomic mass is 10.1. The summed E-state index contributed by atoms with van der Waals surface area (Å²) in [6, 6.07) is 4.54. The van der Waals surface area contributed by atoms with Gasteiger partial charge in [0, 0.05) is 12.1 Å². The number of aromatic hydroxyl groups is 1. The van der Waals surface area contributed by atoms with Gasteiger partial charge in [-0.3, -0.25) is 9.59 Å². The first kappa shape index (κ1) is 15.5. The van der Waals surface area contributed by atoms with E-state index in [0.29, 0.717) is 16.6 Å². The van der Waals surface area contributed by atoms with E-state index in [4.69, 9.17) is 5.73 Å². The number of carbonyl (C=O) groups excluding carboxylic acids is 2. The third-order valence-corrected chi connectivity index (χ3v) is 3.28. The third-order valence-electron chi connectivity index (χ3n) is 2.61. The third kappa shape index (κ3) is 4.55. The highest BCUT2D eigenvalue weighted by Gasteiger charge is 2.18. The number of amides is 2. The second-order valence-corrected chi connectivity index (χ2v) is 5.07. The van der Waals surface area contributed by atoms with E-state index >= 15 is 0 Å². The summed E-state index contributed by atoms with van der Waals surface area (Å²) in [5.74, 6) is -0.874. The number of rotatable bonds is 6. The van der Waals surface area contributed by atoms with E-state index in [1.807, 2.05) is 6.92 Å². The molecule has 1 rings (SSSR count). The van der Waals surface area contributed by atoms with E-state index in [1.165, 1.54) is 11.0 Å². The summed E-state index contributed by atoms with van der Waals surface area (Å²) in [5.41, 5.74) is 5.48. The summed E-state index contributed by atoms with van der Waals surface area (Å²) in [7, 11) is 0. The highest BCUT2D eigenvalue weighted by atomic mass is 79.9. The van der Waals surface area contributed by atoms with E-state index in [0.717, 1.165) is 12.8 Å². The van der Waals surface area contributed by atoms with Crippen LogP contribution in [0.3, 0.4) is 0 Å². The molecule has 6 heteroatoms. The highest BCUT2D eigenvalue weighted by Crippen LogP contribution is 2.24. The Kier molecular flexibility index (Phi) is 5.82. The summed E-state index contributed by atoms with van der Waals surface area (Å²) < 4.78 is 0.513. The lowest BCUT2D eigenvalue weighted by Crippen LogP contribution is -2.39. The van der Waals surface area contributed by atoms with Gasteiger partial charge in [-0.15, -0.1) is 0 Å². The number of primary amides is 1. The largest absolute Gasteiger partial charge is 0.507 e. The summed E-state index contributed by atoms with van der Waals surface area (Å²) in [4.78, 5) is 24.6. The van der Waals surface area contributed by atoms with Gasteiger partial charge in [-0.25, -0.2) is 0 Å². The van der Waals surface area contributed by atoms with Crippen LogP contribution < -0.4 is 5.73 Å². The van der Waals surface area contributed by atoms with Crippen LogP contribution in [0.1, 0.15) is 30.1 Å². The number of carbonyl (C=O) groups is 2. The van der Waals surface area contributed by atoms with Crippen molar-refractivity contribution in [3.63, 3.8) is 0 Å². The smallest absolute Gasteiger partial charge is 0.254 e. The number of nitrogens with zero attached hydrogens (tertiary/aromatic N) is 1. The van der Waals surface area contributed by atoms with Gasteiger partial charge >= 0.3 is 0 Å². The molecule has 0 spiro atoms. The van der Waals surface area contributed by atoms with Gasteiger partial charge in [0.1, 0.15) is 5.75 Å². The van der Waals surface area contributed by atoms with Crippen LogP contribution >= 0.6 is 15.9 Å². The molecule has 104 valence electrons. The van der Waals surface area contributed by atoms with Gasteiger partial charge in [-0.1, -0.05) is 13.3 Å². The predicted octanol–water partition coefficient (Wildman–Crippen LogP) is 1.88. The molecule has 0 radical (unpaired) electrons. The molecule has 5 nitrogen and oxygen atoms in total. The maximum absolute atomic E-state index is 12.2. The fourth-order valence-corrected chi connectivity index (χ4v) is 1.86. The van der Waals surface area contributed by atoms with Crippen molar-refractivity contribution in [3.05, 3.63) is 28.2 Å². The minimum atomic E-state index is -0.550. The Morgan fingerprint density at radius 1 is 1.42 bits per heavy atom. The molecule has 19 heavy (non-hydrogen) atoms. The number of hydrogen-bond acceptors (Lipinski definition) is 3. The minimum Gasteiger partial charge on any atom is -0.507 e.